The van der Waals surface area contributed by atoms with Crippen LogP contribution in [0.25, 0.3) is 0 Å². The van der Waals surface area contributed by atoms with Gasteiger partial charge in [0, 0.05) is 30.8 Å². The number of nitrogens with one attached hydrogen (secondary N) is 3. The summed E-state index contributed by atoms with van der Waals surface area (Å²) in [5.41, 5.74) is 2.53. The number of aromatic nitrogens is 2. The molecule has 0 saturated carbocycles. The lowest BCUT2D eigenvalue weighted by Crippen LogP contribution is -2.30. The Morgan fingerprint density at radius 3 is 3.00 bits per heavy atom. The Bertz CT molecular complexity index is 735. The zero-order valence-corrected chi connectivity index (χ0v) is 14.3. The van der Waals surface area contributed by atoms with Gasteiger partial charge in [-0.15, -0.1) is 12.4 Å². The van der Waals surface area contributed by atoms with Crippen molar-refractivity contribution in [1.29, 1.82) is 0 Å². The molecule has 0 aliphatic carbocycles. The maximum Gasteiger partial charge on any atom is 0.272 e. The van der Waals surface area contributed by atoms with Crippen LogP contribution in [0.1, 0.15) is 40.3 Å². The Labute approximate surface area is 145 Å². The van der Waals surface area contributed by atoms with E-state index in [1.807, 2.05) is 0 Å². The van der Waals surface area contributed by atoms with E-state index in [2.05, 4.69) is 20.8 Å². The summed E-state index contributed by atoms with van der Waals surface area (Å²) in [5.74, 6) is -0.338. The first kappa shape index (κ1) is 18.2. The predicted octanol–water partition coefficient (Wildman–Crippen LogP) is 2.12. The molecule has 0 radical (unpaired) electrons. The van der Waals surface area contributed by atoms with Crippen LogP contribution in [0.4, 0.5) is 4.39 Å². The number of nitrogens with zero attached hydrogens (tertiary/aromatic N) is 1. The van der Waals surface area contributed by atoms with Crippen molar-refractivity contribution in [1.82, 2.24) is 20.8 Å². The topological polar surface area (TPSA) is 79.0 Å². The first-order valence-electron chi connectivity index (χ1n) is 7.52. The zero-order chi connectivity index (χ0) is 16.4. The first-order chi connectivity index (χ1) is 11.1. The molecule has 3 rings (SSSR count). The fourth-order valence-corrected chi connectivity index (χ4v) is 2.87. The SMILES string of the molecule is COc1cccc(F)c1C(C)NC(=O)c1n[nH]c2c1CNCC2.Cl. The largest absolute Gasteiger partial charge is 0.496 e. The van der Waals surface area contributed by atoms with Crippen molar-refractivity contribution >= 4 is 18.3 Å². The van der Waals surface area contributed by atoms with Crippen LogP contribution in [0.15, 0.2) is 18.2 Å². The highest BCUT2D eigenvalue weighted by Gasteiger charge is 2.24. The summed E-state index contributed by atoms with van der Waals surface area (Å²) < 4.78 is 19.3. The molecule has 0 spiro atoms. The number of carbonyl (C=O) groups is 1. The number of ether oxygens (including phenoxy) is 1. The monoisotopic (exact) mass is 354 g/mol. The number of benzene rings is 1. The second-order valence-corrected chi connectivity index (χ2v) is 5.51. The van der Waals surface area contributed by atoms with Gasteiger partial charge in [0.1, 0.15) is 11.6 Å². The van der Waals surface area contributed by atoms with E-state index >= 15 is 0 Å². The molecule has 1 aliphatic rings. The van der Waals surface area contributed by atoms with E-state index in [1.54, 1.807) is 19.1 Å². The number of H-pyrrole nitrogens is 1. The van der Waals surface area contributed by atoms with E-state index in [-0.39, 0.29) is 18.3 Å². The predicted molar refractivity (Wildman–Crippen MR) is 90.1 cm³/mol. The molecule has 3 N–H and O–H groups in total. The van der Waals surface area contributed by atoms with Gasteiger partial charge in [0.05, 0.1) is 18.7 Å². The lowest BCUT2D eigenvalue weighted by atomic mass is 10.0. The van der Waals surface area contributed by atoms with Crippen LogP contribution in [0.3, 0.4) is 0 Å². The van der Waals surface area contributed by atoms with Crippen LogP contribution in [0.5, 0.6) is 5.75 Å². The number of rotatable bonds is 4. The lowest BCUT2D eigenvalue weighted by molar-refractivity contribution is 0.0932. The third-order valence-electron chi connectivity index (χ3n) is 4.03. The van der Waals surface area contributed by atoms with E-state index in [0.717, 1.165) is 24.2 Å². The highest BCUT2D eigenvalue weighted by molar-refractivity contribution is 5.94. The van der Waals surface area contributed by atoms with Crippen LogP contribution >= 0.6 is 12.4 Å². The summed E-state index contributed by atoms with van der Waals surface area (Å²) in [7, 11) is 1.47. The number of amides is 1. The van der Waals surface area contributed by atoms with Crippen molar-refractivity contribution in [2.75, 3.05) is 13.7 Å². The molecule has 0 fully saturated rings. The van der Waals surface area contributed by atoms with Crippen LogP contribution in [0, 0.1) is 5.82 Å². The summed E-state index contributed by atoms with van der Waals surface area (Å²) in [6.07, 6.45) is 0.812. The van der Waals surface area contributed by atoms with Gasteiger partial charge in [0.25, 0.3) is 5.91 Å². The molecule has 0 bridgehead atoms. The molecule has 1 aliphatic heterocycles. The summed E-state index contributed by atoms with van der Waals surface area (Å²) in [5, 5.41) is 13.0. The molecular formula is C16H20ClFN4O2. The summed E-state index contributed by atoms with van der Waals surface area (Å²) >= 11 is 0. The fourth-order valence-electron chi connectivity index (χ4n) is 2.87. The molecule has 2 aromatic rings. The van der Waals surface area contributed by atoms with E-state index in [9.17, 15) is 9.18 Å². The maximum absolute atomic E-state index is 14.1. The number of halogens is 2. The minimum atomic E-state index is -0.539. The quantitative estimate of drug-likeness (QED) is 0.785. The second kappa shape index (κ2) is 7.63. The molecule has 8 heteroatoms. The number of carbonyl (C=O) groups excluding carboxylic acids is 1. The summed E-state index contributed by atoms with van der Waals surface area (Å²) in [6.45, 7) is 3.18. The first-order valence-corrected chi connectivity index (χ1v) is 7.52. The Balaban J connectivity index is 0.00000208. The third kappa shape index (κ3) is 3.37. The summed E-state index contributed by atoms with van der Waals surface area (Å²) in [4.78, 5) is 12.5. The van der Waals surface area contributed by atoms with Crippen molar-refractivity contribution in [3.05, 3.63) is 46.5 Å². The van der Waals surface area contributed by atoms with E-state index in [4.69, 9.17) is 4.74 Å². The number of aromatic amines is 1. The van der Waals surface area contributed by atoms with Gasteiger partial charge in [-0.2, -0.15) is 5.10 Å². The van der Waals surface area contributed by atoms with E-state index < -0.39 is 11.9 Å². The molecule has 0 saturated heterocycles. The minimum absolute atomic E-state index is 0. The highest BCUT2D eigenvalue weighted by atomic mass is 35.5. The Kier molecular flexibility index (Phi) is 5.80. The Morgan fingerprint density at radius 2 is 2.25 bits per heavy atom. The normalized spacial score (nSPS) is 14.3. The van der Waals surface area contributed by atoms with Crippen LogP contribution in [-0.2, 0) is 13.0 Å². The molecule has 1 aromatic carbocycles. The van der Waals surface area contributed by atoms with E-state index in [0.29, 0.717) is 23.6 Å². The van der Waals surface area contributed by atoms with Gasteiger partial charge in [-0.1, -0.05) is 6.07 Å². The van der Waals surface area contributed by atoms with Crippen LogP contribution in [-0.4, -0.2) is 29.8 Å². The molecule has 2 heterocycles. The standard InChI is InChI=1S/C16H19FN4O2.ClH/c1-9(14-11(17)4-3-5-13(14)23-2)19-16(22)15-10-8-18-7-6-12(10)20-21-15;/h3-5,9,18H,6-8H2,1-2H3,(H,19,22)(H,20,21);1H. The molecule has 1 unspecified atom stereocenters. The highest BCUT2D eigenvalue weighted by Crippen LogP contribution is 2.28. The molecule has 24 heavy (non-hydrogen) atoms. The van der Waals surface area contributed by atoms with Crippen molar-refractivity contribution in [3.63, 3.8) is 0 Å². The smallest absolute Gasteiger partial charge is 0.272 e. The van der Waals surface area contributed by atoms with Gasteiger partial charge >= 0.3 is 0 Å². The van der Waals surface area contributed by atoms with Crippen LogP contribution in [0.2, 0.25) is 0 Å². The number of hydrogen-bond acceptors (Lipinski definition) is 4. The Hall–Kier alpha value is -2.12. The molecule has 1 aromatic heterocycles. The average Bonchev–Trinajstić information content (AvgIpc) is 2.98. The van der Waals surface area contributed by atoms with Crippen molar-refractivity contribution in [3.8, 4) is 5.75 Å². The van der Waals surface area contributed by atoms with E-state index in [1.165, 1.54) is 13.2 Å². The van der Waals surface area contributed by atoms with Gasteiger partial charge in [-0.25, -0.2) is 4.39 Å². The van der Waals surface area contributed by atoms with Crippen molar-refractivity contribution in [2.45, 2.75) is 25.9 Å². The van der Waals surface area contributed by atoms with Crippen molar-refractivity contribution in [2.24, 2.45) is 0 Å². The second-order valence-electron chi connectivity index (χ2n) is 5.51. The molecule has 1 atom stereocenters. The summed E-state index contributed by atoms with van der Waals surface area (Å²) in [6, 6.07) is 4.05. The molecule has 6 nitrogen and oxygen atoms in total. The number of hydrogen-bond donors (Lipinski definition) is 3. The van der Waals surface area contributed by atoms with Gasteiger partial charge in [-0.05, 0) is 19.1 Å². The number of methoxy groups -OCH3 is 1. The zero-order valence-electron chi connectivity index (χ0n) is 13.5. The lowest BCUT2D eigenvalue weighted by Gasteiger charge is -2.18. The minimum Gasteiger partial charge on any atom is -0.496 e. The average molecular weight is 355 g/mol. The fraction of sp³-hybridized carbons (Fsp3) is 0.375. The van der Waals surface area contributed by atoms with Gasteiger partial charge in [0.15, 0.2) is 5.69 Å². The Morgan fingerprint density at radius 1 is 1.46 bits per heavy atom. The number of fused-ring (bicyclic) bond motifs is 1. The molecular weight excluding hydrogens is 335 g/mol. The van der Waals surface area contributed by atoms with Crippen LogP contribution < -0.4 is 15.4 Å². The van der Waals surface area contributed by atoms with Gasteiger partial charge in [0.2, 0.25) is 0 Å². The van der Waals surface area contributed by atoms with Crippen molar-refractivity contribution < 1.29 is 13.9 Å². The molecule has 130 valence electrons. The maximum atomic E-state index is 14.1. The molecule has 1 amide bonds. The third-order valence-corrected chi connectivity index (χ3v) is 4.03. The van der Waals surface area contributed by atoms with Gasteiger partial charge in [-0.3, -0.25) is 9.89 Å². The van der Waals surface area contributed by atoms with Gasteiger partial charge < -0.3 is 15.4 Å².